The van der Waals surface area contributed by atoms with Crippen molar-refractivity contribution in [3.8, 4) is 11.5 Å². The summed E-state index contributed by atoms with van der Waals surface area (Å²) in [4.78, 5) is 8.85. The van der Waals surface area contributed by atoms with Crippen LogP contribution in [0.25, 0.3) is 6.08 Å². The van der Waals surface area contributed by atoms with Crippen LogP contribution in [0, 0.1) is 0 Å². The third kappa shape index (κ3) is 6.06. The molecule has 0 radical (unpaired) electrons. The Kier molecular flexibility index (Phi) is 5.94. The van der Waals surface area contributed by atoms with Crippen molar-refractivity contribution in [2.24, 2.45) is 39.4 Å². The molecule has 0 fully saturated rings. The number of benzene rings is 1. The third-order valence-corrected chi connectivity index (χ3v) is 4.01. The van der Waals surface area contributed by atoms with Gasteiger partial charge in [0.1, 0.15) is 11.5 Å². The van der Waals surface area contributed by atoms with E-state index in [0.717, 1.165) is 36.2 Å². The lowest BCUT2D eigenvalue weighted by Crippen LogP contribution is -2.63. The van der Waals surface area contributed by atoms with Crippen LogP contribution >= 0.6 is 0 Å². The highest BCUT2D eigenvalue weighted by Crippen LogP contribution is 2.30. The molecule has 0 bridgehead atoms. The fourth-order valence-electron chi connectivity index (χ4n) is 2.97. The molecular weight excluding hydrogens is 372 g/mol. The highest BCUT2D eigenvalue weighted by atomic mass is 16.5. The average molecular weight is 398 g/mol. The summed E-state index contributed by atoms with van der Waals surface area (Å²) in [6.45, 7) is 0.751. The van der Waals surface area contributed by atoms with E-state index < -0.39 is 11.9 Å². The molecule has 10 nitrogen and oxygen atoms in total. The van der Waals surface area contributed by atoms with Gasteiger partial charge in [0.15, 0.2) is 0 Å². The first-order valence-electron chi connectivity index (χ1n) is 9.02. The van der Waals surface area contributed by atoms with Crippen molar-refractivity contribution in [1.29, 1.82) is 0 Å². The number of allylic oxidation sites excluding steroid dienone is 1. The van der Waals surface area contributed by atoms with Gasteiger partial charge >= 0.3 is 0 Å². The van der Waals surface area contributed by atoms with Gasteiger partial charge in [-0.15, -0.1) is 0 Å². The second kappa shape index (κ2) is 8.25. The Morgan fingerprint density at radius 2 is 1.72 bits per heavy atom. The van der Waals surface area contributed by atoms with Crippen LogP contribution in [0.4, 0.5) is 0 Å². The number of ether oxygens (including phenoxy) is 2. The van der Waals surface area contributed by atoms with E-state index in [2.05, 4.69) is 9.98 Å². The first-order chi connectivity index (χ1) is 13.6. The zero-order valence-electron chi connectivity index (χ0n) is 15.9. The Morgan fingerprint density at radius 3 is 2.38 bits per heavy atom. The van der Waals surface area contributed by atoms with Gasteiger partial charge in [0, 0.05) is 36.1 Å². The molecule has 0 spiro atoms. The van der Waals surface area contributed by atoms with Crippen LogP contribution in [-0.2, 0) is 0 Å². The quantitative estimate of drug-likeness (QED) is 0.346. The van der Waals surface area contributed by atoms with Gasteiger partial charge in [-0.2, -0.15) is 0 Å². The summed E-state index contributed by atoms with van der Waals surface area (Å²) >= 11 is 0. The normalized spacial score (nSPS) is 16.5. The third-order valence-electron chi connectivity index (χ3n) is 4.01. The molecule has 2 aromatic rings. The van der Waals surface area contributed by atoms with Gasteiger partial charge in [-0.25, -0.2) is 0 Å². The zero-order chi connectivity index (χ0) is 21.1. The maximum Gasteiger partial charge on any atom is 0.271 e. The molecule has 1 aliphatic heterocycles. The predicted molar refractivity (Wildman–Crippen MR) is 111 cm³/mol. The topological polar surface area (TPSA) is 200 Å². The molecule has 1 aliphatic rings. The maximum atomic E-state index is 5.63. The second-order valence-electron chi connectivity index (χ2n) is 6.86. The van der Waals surface area contributed by atoms with Crippen LogP contribution < -0.4 is 43.9 Å². The molecule has 1 aromatic carbocycles. The summed E-state index contributed by atoms with van der Waals surface area (Å²) in [5.74, 6) is -3.21. The summed E-state index contributed by atoms with van der Waals surface area (Å²) in [6.07, 6.45) is 7.20. The van der Waals surface area contributed by atoms with E-state index in [1.165, 1.54) is 6.07 Å². The van der Waals surface area contributed by atoms with Crippen molar-refractivity contribution in [2.75, 3.05) is 6.54 Å². The van der Waals surface area contributed by atoms with Crippen molar-refractivity contribution in [2.45, 2.75) is 24.8 Å². The molecule has 0 saturated carbocycles. The molecule has 0 saturated heterocycles. The summed E-state index contributed by atoms with van der Waals surface area (Å²) in [5.41, 5.74) is 36.9. The van der Waals surface area contributed by atoms with E-state index >= 15 is 0 Å². The van der Waals surface area contributed by atoms with Crippen LogP contribution in [0.1, 0.15) is 24.0 Å². The molecule has 3 rings (SSSR count). The summed E-state index contributed by atoms with van der Waals surface area (Å²) in [6, 6.07) is 8.74. The fraction of sp³-hybridized carbons (Fsp3) is 0.263. The van der Waals surface area contributed by atoms with E-state index in [-0.39, 0.29) is 11.5 Å². The number of pyridine rings is 1. The molecule has 29 heavy (non-hydrogen) atoms. The lowest BCUT2D eigenvalue weighted by molar-refractivity contribution is 0.0815. The number of nitrogens with zero attached hydrogens (tertiary/aromatic N) is 2. The average Bonchev–Trinajstić information content (AvgIpc) is 2.62. The Hall–Kier alpha value is -2.86. The van der Waals surface area contributed by atoms with E-state index in [1.54, 1.807) is 24.5 Å². The minimum atomic E-state index is -1.90. The molecule has 0 amide bonds. The highest BCUT2D eigenvalue weighted by molar-refractivity contribution is 6.15. The molecule has 154 valence electrons. The first-order valence-corrected chi connectivity index (χ1v) is 9.02. The zero-order valence-corrected chi connectivity index (χ0v) is 15.9. The Balaban J connectivity index is 2.01. The summed E-state index contributed by atoms with van der Waals surface area (Å²) < 4.78 is 10.8. The minimum Gasteiger partial charge on any atom is -0.447 e. The number of rotatable bonds is 6. The molecule has 2 heterocycles. The molecular formula is C19H26N8O2. The minimum absolute atomic E-state index is 0.267. The number of nitrogens with two attached hydrogens (primary N) is 6. The van der Waals surface area contributed by atoms with Crippen LogP contribution in [0.2, 0.25) is 0 Å². The van der Waals surface area contributed by atoms with Crippen molar-refractivity contribution in [1.82, 2.24) is 4.98 Å². The van der Waals surface area contributed by atoms with Gasteiger partial charge in [0.2, 0.25) is 0 Å². The second-order valence-corrected chi connectivity index (χ2v) is 6.86. The van der Waals surface area contributed by atoms with Crippen LogP contribution in [-0.4, -0.2) is 29.2 Å². The van der Waals surface area contributed by atoms with Crippen molar-refractivity contribution >= 4 is 11.8 Å². The summed E-state index contributed by atoms with van der Waals surface area (Å²) in [5, 5.41) is 0. The van der Waals surface area contributed by atoms with Crippen LogP contribution in [0.5, 0.6) is 11.5 Å². The first kappa shape index (κ1) is 20.9. The van der Waals surface area contributed by atoms with Gasteiger partial charge in [0.05, 0.1) is 5.71 Å². The number of hydrogen-bond acceptors (Lipinski definition) is 10. The van der Waals surface area contributed by atoms with Gasteiger partial charge in [0.25, 0.3) is 11.9 Å². The fourth-order valence-corrected chi connectivity index (χ4v) is 2.97. The number of aromatic nitrogens is 1. The molecule has 0 unspecified atom stereocenters. The van der Waals surface area contributed by atoms with Gasteiger partial charge < -0.3 is 9.47 Å². The largest absolute Gasteiger partial charge is 0.447 e. The van der Waals surface area contributed by atoms with E-state index in [9.17, 15) is 0 Å². The smallest absolute Gasteiger partial charge is 0.271 e. The van der Waals surface area contributed by atoms with Crippen molar-refractivity contribution < 1.29 is 9.47 Å². The number of aliphatic imine (C=N–C) groups is 1. The standard InChI is InChI=1S/C19H26N8O2/c20-18(21,22)28-15-6-5-12(16(10-15)29-19(23,24)25)9-13-3-2-8-27-17(13)14-4-1-7-26-11-14/h1,4-7,9-11H,2-3,8,20-25H2/b13-9+. The van der Waals surface area contributed by atoms with Crippen LogP contribution in [0.15, 0.2) is 53.3 Å². The van der Waals surface area contributed by atoms with Gasteiger partial charge in [-0.3, -0.25) is 44.4 Å². The van der Waals surface area contributed by atoms with Gasteiger partial charge in [-0.05, 0) is 48.8 Å². The molecule has 0 aliphatic carbocycles. The van der Waals surface area contributed by atoms with Crippen molar-refractivity contribution in [3.63, 3.8) is 0 Å². The Labute approximate surface area is 168 Å². The highest BCUT2D eigenvalue weighted by Gasteiger charge is 2.21. The molecule has 12 N–H and O–H groups in total. The van der Waals surface area contributed by atoms with Gasteiger partial charge in [-0.1, -0.05) is 0 Å². The molecule has 10 heteroatoms. The van der Waals surface area contributed by atoms with E-state index in [0.29, 0.717) is 5.56 Å². The Morgan fingerprint density at radius 1 is 0.966 bits per heavy atom. The predicted octanol–water partition coefficient (Wildman–Crippen LogP) is -0.519. The number of hydrogen-bond donors (Lipinski definition) is 6. The molecule has 0 atom stereocenters. The lowest BCUT2D eigenvalue weighted by Gasteiger charge is -2.24. The van der Waals surface area contributed by atoms with E-state index in [1.807, 2.05) is 18.2 Å². The van der Waals surface area contributed by atoms with E-state index in [4.69, 9.17) is 43.9 Å². The van der Waals surface area contributed by atoms with Crippen molar-refractivity contribution in [3.05, 3.63) is 59.4 Å². The Bertz CT molecular complexity index is 914. The monoisotopic (exact) mass is 398 g/mol. The summed E-state index contributed by atoms with van der Waals surface area (Å²) in [7, 11) is 0. The van der Waals surface area contributed by atoms with Crippen LogP contribution in [0.3, 0.4) is 0 Å². The molecule has 1 aromatic heterocycles. The lowest BCUT2D eigenvalue weighted by atomic mass is 9.94. The maximum absolute atomic E-state index is 5.63. The SMILES string of the molecule is NC(N)(N)Oc1ccc(/C=C2\CCCN=C2c2cccnc2)c(OC(N)(N)N)c1.